The minimum atomic E-state index is -0.539. The van der Waals surface area contributed by atoms with Crippen LogP contribution in [0.25, 0.3) is 11.8 Å². The number of amides is 1. The third-order valence-electron chi connectivity index (χ3n) is 5.52. The van der Waals surface area contributed by atoms with Crippen LogP contribution in [0.3, 0.4) is 0 Å². The number of hydrazone groups is 1. The molecule has 0 unspecified atom stereocenters. The highest BCUT2D eigenvalue weighted by molar-refractivity contribution is 8.27. The number of rotatable bonds is 4. The molecule has 2 aliphatic heterocycles. The molecule has 0 bridgehead atoms. The summed E-state index contributed by atoms with van der Waals surface area (Å²) in [5.74, 6) is -0.623. The first-order valence-corrected chi connectivity index (χ1v) is 11.5. The number of hydrogen-bond acceptors (Lipinski definition) is 7. The minimum Gasteiger partial charge on any atom is -0.318 e. The Bertz CT molecular complexity index is 1530. The van der Waals surface area contributed by atoms with Crippen LogP contribution in [0, 0.1) is 29.4 Å². The van der Waals surface area contributed by atoms with Crippen LogP contribution in [0.4, 0.5) is 5.69 Å². The third-order valence-corrected chi connectivity index (χ3v) is 6.79. The van der Waals surface area contributed by atoms with E-state index < -0.39 is 10.8 Å². The summed E-state index contributed by atoms with van der Waals surface area (Å²) in [7, 11) is 0. The fourth-order valence-corrected chi connectivity index (χ4v) is 4.93. The van der Waals surface area contributed by atoms with Gasteiger partial charge in [-0.25, -0.2) is 0 Å². The van der Waals surface area contributed by atoms with E-state index >= 15 is 0 Å². The molecule has 0 radical (unpaired) electrons. The lowest BCUT2D eigenvalue weighted by molar-refractivity contribution is -0.384. The highest BCUT2D eigenvalue weighted by Crippen LogP contribution is 2.33. The van der Waals surface area contributed by atoms with E-state index in [2.05, 4.69) is 15.1 Å². The van der Waals surface area contributed by atoms with Crippen LogP contribution in [0.1, 0.15) is 22.5 Å². The predicted octanol–water partition coefficient (Wildman–Crippen LogP) is 4.72. The maximum atomic E-state index is 12.8. The van der Waals surface area contributed by atoms with Gasteiger partial charge >= 0.3 is 0 Å². The first-order valence-electron chi connectivity index (χ1n) is 10.3. The number of pyridine rings is 1. The lowest BCUT2D eigenvalue weighted by Gasteiger charge is -2.20. The van der Waals surface area contributed by atoms with E-state index in [0.29, 0.717) is 21.5 Å². The van der Waals surface area contributed by atoms with Crippen molar-refractivity contribution >= 4 is 57.1 Å². The van der Waals surface area contributed by atoms with Crippen LogP contribution in [-0.4, -0.2) is 41.4 Å². The monoisotopic (exact) mass is 505 g/mol. The molecule has 4 heterocycles. The van der Waals surface area contributed by atoms with Crippen molar-refractivity contribution in [2.24, 2.45) is 10.1 Å². The van der Waals surface area contributed by atoms with E-state index in [1.54, 1.807) is 30.6 Å². The first kappa shape index (κ1) is 22.7. The lowest BCUT2D eigenvalue weighted by atomic mass is 10.1. The number of carbonyl (C=O) groups is 1. The number of hydrogen-bond donors (Lipinski definition) is 1. The van der Waals surface area contributed by atoms with Crippen molar-refractivity contribution in [1.29, 1.82) is 5.41 Å². The Balaban J connectivity index is 1.52. The zero-order chi connectivity index (χ0) is 24.9. The van der Waals surface area contributed by atoms with Gasteiger partial charge in [0.15, 0.2) is 5.84 Å². The molecule has 5 rings (SSSR count). The first-order chi connectivity index (χ1) is 16.7. The third kappa shape index (κ3) is 3.94. The zero-order valence-electron chi connectivity index (χ0n) is 18.4. The summed E-state index contributed by atoms with van der Waals surface area (Å²) < 4.78 is 1.83. The van der Waals surface area contributed by atoms with Crippen molar-refractivity contribution < 1.29 is 9.72 Å². The number of nitro groups is 1. The molecular formula is C23H16ClN7O3S. The van der Waals surface area contributed by atoms with E-state index in [-0.39, 0.29) is 22.1 Å². The molecule has 1 N–H and O–H groups in total. The molecule has 3 aromatic rings. The maximum absolute atomic E-state index is 12.8. The Morgan fingerprint density at radius 3 is 2.74 bits per heavy atom. The molecule has 12 heteroatoms. The molecule has 2 aliphatic rings. The van der Waals surface area contributed by atoms with Gasteiger partial charge in [-0.05, 0) is 67.6 Å². The Kier molecular flexibility index (Phi) is 5.58. The van der Waals surface area contributed by atoms with Crippen molar-refractivity contribution in [2.45, 2.75) is 13.8 Å². The SMILES string of the molecule is Cc1cc(/C=C2/C(=N)N3N=C(c4cccnc4)SC3=NC2=O)c(C)n1-c1ccc(Cl)c([N+](=O)[O-])c1. The number of aromatic nitrogens is 2. The second-order valence-corrected chi connectivity index (χ2v) is 9.08. The number of aliphatic imine (C=N–C) groups is 1. The minimum absolute atomic E-state index is 0.0492. The van der Waals surface area contributed by atoms with Crippen molar-refractivity contribution in [3.8, 4) is 5.69 Å². The molecule has 0 saturated carbocycles. The molecule has 10 nitrogen and oxygen atoms in total. The average Bonchev–Trinajstić information content (AvgIpc) is 3.38. The lowest BCUT2D eigenvalue weighted by Crippen LogP contribution is -2.35. The number of fused-ring (bicyclic) bond motifs is 1. The number of nitro benzene ring substituents is 1. The number of aryl methyl sites for hydroxylation is 1. The van der Waals surface area contributed by atoms with Gasteiger partial charge in [-0.3, -0.25) is 25.3 Å². The van der Waals surface area contributed by atoms with Gasteiger partial charge in [0.1, 0.15) is 10.1 Å². The molecule has 1 amide bonds. The highest BCUT2D eigenvalue weighted by Gasteiger charge is 2.36. The van der Waals surface area contributed by atoms with Crippen LogP contribution in [0.5, 0.6) is 0 Å². The second kappa shape index (κ2) is 8.60. The molecule has 35 heavy (non-hydrogen) atoms. The summed E-state index contributed by atoms with van der Waals surface area (Å²) in [4.78, 5) is 31.8. The van der Waals surface area contributed by atoms with E-state index in [9.17, 15) is 14.9 Å². The number of amidine groups is 2. The van der Waals surface area contributed by atoms with Crippen LogP contribution < -0.4 is 0 Å². The number of nitrogens with one attached hydrogen (secondary N) is 1. The number of halogens is 1. The van der Waals surface area contributed by atoms with Gasteiger partial charge in [-0.2, -0.15) is 15.1 Å². The van der Waals surface area contributed by atoms with Crippen molar-refractivity contribution in [3.63, 3.8) is 0 Å². The summed E-state index contributed by atoms with van der Waals surface area (Å²) in [6.07, 6.45) is 4.90. The Morgan fingerprint density at radius 2 is 2.03 bits per heavy atom. The molecule has 0 aliphatic carbocycles. The Morgan fingerprint density at radius 1 is 1.23 bits per heavy atom. The van der Waals surface area contributed by atoms with Crippen molar-refractivity contribution in [2.75, 3.05) is 0 Å². The van der Waals surface area contributed by atoms with Gasteiger partial charge in [-0.1, -0.05) is 11.6 Å². The van der Waals surface area contributed by atoms with Crippen LogP contribution in [0.15, 0.2) is 64.5 Å². The van der Waals surface area contributed by atoms with Crippen molar-refractivity contribution in [1.82, 2.24) is 14.6 Å². The molecule has 0 atom stereocenters. The quantitative estimate of drug-likeness (QED) is 0.310. The molecule has 2 aromatic heterocycles. The van der Waals surface area contributed by atoms with Crippen LogP contribution in [0.2, 0.25) is 5.02 Å². The predicted molar refractivity (Wildman–Crippen MR) is 135 cm³/mol. The number of benzene rings is 1. The number of carbonyl (C=O) groups excluding carboxylic acids is 1. The molecule has 174 valence electrons. The fraction of sp³-hybridized carbons (Fsp3) is 0.0870. The van der Waals surface area contributed by atoms with Gasteiger partial charge in [0, 0.05) is 35.4 Å². The summed E-state index contributed by atoms with van der Waals surface area (Å²) in [5, 5.41) is 26.7. The van der Waals surface area contributed by atoms with E-state index in [0.717, 1.165) is 17.0 Å². The maximum Gasteiger partial charge on any atom is 0.289 e. The van der Waals surface area contributed by atoms with Crippen LogP contribution >= 0.6 is 23.4 Å². The van der Waals surface area contributed by atoms with Crippen molar-refractivity contribution in [3.05, 3.63) is 92.0 Å². The summed E-state index contributed by atoms with van der Waals surface area (Å²) in [5.41, 5.74) is 3.42. The highest BCUT2D eigenvalue weighted by atomic mass is 35.5. The van der Waals surface area contributed by atoms with Gasteiger partial charge < -0.3 is 4.57 Å². The average molecular weight is 506 g/mol. The molecule has 0 spiro atoms. The molecule has 0 fully saturated rings. The summed E-state index contributed by atoms with van der Waals surface area (Å²) >= 11 is 7.17. The fourth-order valence-electron chi connectivity index (χ4n) is 3.86. The molecular weight excluding hydrogens is 490 g/mol. The van der Waals surface area contributed by atoms with E-state index in [4.69, 9.17) is 17.0 Å². The van der Waals surface area contributed by atoms with Gasteiger partial charge in [0.25, 0.3) is 11.6 Å². The normalized spacial score (nSPS) is 16.4. The summed E-state index contributed by atoms with van der Waals surface area (Å²) in [6, 6.07) is 10.0. The van der Waals surface area contributed by atoms with Crippen LogP contribution in [-0.2, 0) is 4.79 Å². The zero-order valence-corrected chi connectivity index (χ0v) is 20.0. The second-order valence-electron chi connectivity index (χ2n) is 7.72. The summed E-state index contributed by atoms with van der Waals surface area (Å²) in [6.45, 7) is 3.68. The smallest absolute Gasteiger partial charge is 0.289 e. The molecule has 0 saturated heterocycles. The Hall–Kier alpha value is -4.09. The van der Waals surface area contributed by atoms with Gasteiger partial charge in [0.05, 0.1) is 16.2 Å². The largest absolute Gasteiger partial charge is 0.318 e. The van der Waals surface area contributed by atoms with E-state index in [1.807, 2.05) is 30.5 Å². The molecule has 1 aromatic carbocycles. The van der Waals surface area contributed by atoms with Gasteiger partial charge in [0.2, 0.25) is 5.17 Å². The Labute approximate surface area is 208 Å². The number of nitrogens with zero attached hydrogens (tertiary/aromatic N) is 6. The topological polar surface area (TPSA) is 130 Å². The standard InChI is InChI=1S/C23H16ClN7O3S/c1-12-8-15(13(2)29(12)16-5-6-18(24)19(10-16)31(33)34)9-17-20(25)30-23(27-21(17)32)35-22(28-30)14-4-3-7-26-11-14/h3-11,25H,1-2H3/b17-9-,25-20?. The van der Waals surface area contributed by atoms with E-state index in [1.165, 1.54) is 28.9 Å². The van der Waals surface area contributed by atoms with Gasteiger partial charge in [-0.15, -0.1) is 0 Å². The number of thioether (sulfide) groups is 1.